The monoisotopic (exact) mass is 329 g/mol. The standard InChI is InChI=1S/C15H20ClNO3S/c1-3-12-6-7-13(9-14(12)21(16,19)20)15(18)17-8-4-5-11(2)10-17/h6-7,9,11H,3-5,8,10H2,1-2H3. The van der Waals surface area contributed by atoms with Gasteiger partial charge in [-0.2, -0.15) is 0 Å². The molecule has 1 saturated heterocycles. The molecule has 0 radical (unpaired) electrons. The average molecular weight is 330 g/mol. The number of carbonyl (C=O) groups excluding carboxylic acids is 1. The number of halogens is 1. The maximum absolute atomic E-state index is 12.5. The molecule has 0 saturated carbocycles. The van der Waals surface area contributed by atoms with Crippen molar-refractivity contribution in [2.45, 2.75) is 38.0 Å². The van der Waals surface area contributed by atoms with Crippen molar-refractivity contribution in [1.82, 2.24) is 4.90 Å². The number of benzene rings is 1. The van der Waals surface area contributed by atoms with E-state index in [0.29, 0.717) is 23.5 Å². The molecule has 4 nitrogen and oxygen atoms in total. The van der Waals surface area contributed by atoms with E-state index in [1.165, 1.54) is 6.07 Å². The van der Waals surface area contributed by atoms with Gasteiger partial charge in [-0.1, -0.05) is 19.9 Å². The first-order valence-electron chi connectivity index (χ1n) is 7.19. The number of rotatable bonds is 3. The van der Waals surface area contributed by atoms with E-state index in [0.717, 1.165) is 25.9 Å². The van der Waals surface area contributed by atoms with Crippen LogP contribution in [-0.4, -0.2) is 32.3 Å². The highest BCUT2D eigenvalue weighted by molar-refractivity contribution is 8.13. The molecule has 0 aliphatic carbocycles. The molecule has 21 heavy (non-hydrogen) atoms. The molecule has 116 valence electrons. The fraction of sp³-hybridized carbons (Fsp3) is 0.533. The maximum atomic E-state index is 12.5. The summed E-state index contributed by atoms with van der Waals surface area (Å²) in [4.78, 5) is 14.3. The third-order valence-electron chi connectivity index (χ3n) is 3.90. The lowest BCUT2D eigenvalue weighted by molar-refractivity contribution is 0.0683. The van der Waals surface area contributed by atoms with Crippen LogP contribution in [0.2, 0.25) is 0 Å². The van der Waals surface area contributed by atoms with Gasteiger partial charge >= 0.3 is 0 Å². The van der Waals surface area contributed by atoms with Crippen molar-refractivity contribution in [3.05, 3.63) is 29.3 Å². The minimum atomic E-state index is -3.84. The van der Waals surface area contributed by atoms with Gasteiger partial charge in [0.1, 0.15) is 0 Å². The molecule has 0 bridgehead atoms. The van der Waals surface area contributed by atoms with Crippen LogP contribution in [0.5, 0.6) is 0 Å². The first-order valence-corrected chi connectivity index (χ1v) is 9.50. The number of hydrogen-bond donors (Lipinski definition) is 0. The van der Waals surface area contributed by atoms with E-state index in [-0.39, 0.29) is 10.8 Å². The highest BCUT2D eigenvalue weighted by Crippen LogP contribution is 2.24. The fourth-order valence-electron chi connectivity index (χ4n) is 2.76. The lowest BCUT2D eigenvalue weighted by Crippen LogP contribution is -2.39. The Balaban J connectivity index is 2.34. The van der Waals surface area contributed by atoms with Crippen molar-refractivity contribution in [1.29, 1.82) is 0 Å². The lowest BCUT2D eigenvalue weighted by atomic mass is 9.99. The molecule has 0 spiro atoms. The summed E-state index contributed by atoms with van der Waals surface area (Å²) in [7, 11) is 1.63. The number of piperidine rings is 1. The Kier molecular flexibility index (Phi) is 4.94. The third-order valence-corrected chi connectivity index (χ3v) is 5.31. The van der Waals surface area contributed by atoms with Gasteiger partial charge in [0.25, 0.3) is 15.0 Å². The van der Waals surface area contributed by atoms with Gasteiger partial charge in [-0.3, -0.25) is 4.79 Å². The Morgan fingerprint density at radius 1 is 1.43 bits per heavy atom. The summed E-state index contributed by atoms with van der Waals surface area (Å²) in [5, 5.41) is 0. The largest absolute Gasteiger partial charge is 0.338 e. The molecule has 0 aromatic heterocycles. The van der Waals surface area contributed by atoms with Gasteiger partial charge in [0.2, 0.25) is 0 Å². The Labute approximate surface area is 130 Å². The zero-order chi connectivity index (χ0) is 15.6. The molecule has 0 N–H and O–H groups in total. The summed E-state index contributed by atoms with van der Waals surface area (Å²) in [6.45, 7) is 5.42. The molecular weight excluding hydrogens is 310 g/mol. The number of nitrogens with zero attached hydrogens (tertiary/aromatic N) is 1. The van der Waals surface area contributed by atoms with Crippen LogP contribution < -0.4 is 0 Å². The molecule has 1 unspecified atom stereocenters. The topological polar surface area (TPSA) is 54.5 Å². The summed E-state index contributed by atoms with van der Waals surface area (Å²) in [5.74, 6) is 0.361. The Morgan fingerprint density at radius 3 is 2.71 bits per heavy atom. The molecule has 1 amide bonds. The van der Waals surface area contributed by atoms with Crippen LogP contribution >= 0.6 is 10.7 Å². The number of aryl methyl sites for hydroxylation is 1. The first kappa shape index (κ1) is 16.3. The molecular formula is C15H20ClNO3S. The maximum Gasteiger partial charge on any atom is 0.261 e. The number of amides is 1. The Bertz CT molecular complexity index is 642. The van der Waals surface area contributed by atoms with Crippen LogP contribution in [0, 0.1) is 5.92 Å². The van der Waals surface area contributed by atoms with Crippen molar-refractivity contribution in [2.75, 3.05) is 13.1 Å². The second kappa shape index (κ2) is 6.36. The predicted molar refractivity (Wildman–Crippen MR) is 83.2 cm³/mol. The molecule has 1 aromatic rings. The minimum absolute atomic E-state index is 0.0441. The molecule has 1 aliphatic heterocycles. The quantitative estimate of drug-likeness (QED) is 0.801. The van der Waals surface area contributed by atoms with E-state index in [1.54, 1.807) is 17.0 Å². The summed E-state index contributed by atoms with van der Waals surface area (Å²) in [6.07, 6.45) is 2.66. The first-order chi connectivity index (χ1) is 9.82. The molecule has 6 heteroatoms. The third kappa shape index (κ3) is 3.77. The average Bonchev–Trinajstić information content (AvgIpc) is 2.45. The van der Waals surface area contributed by atoms with E-state index in [1.807, 2.05) is 6.92 Å². The number of carbonyl (C=O) groups is 1. The van der Waals surface area contributed by atoms with Crippen LogP contribution in [0.3, 0.4) is 0 Å². The van der Waals surface area contributed by atoms with Crippen LogP contribution in [0.4, 0.5) is 0 Å². The second-order valence-corrected chi connectivity index (χ2v) is 8.15. The van der Waals surface area contributed by atoms with Crippen molar-refractivity contribution >= 4 is 25.6 Å². The normalized spacial score (nSPS) is 19.6. The molecule has 1 atom stereocenters. The fourth-order valence-corrected chi connectivity index (χ4v) is 3.99. The summed E-state index contributed by atoms with van der Waals surface area (Å²) >= 11 is 0. The zero-order valence-corrected chi connectivity index (χ0v) is 13.9. The van der Waals surface area contributed by atoms with Gasteiger partial charge in [0, 0.05) is 29.3 Å². The summed E-state index contributed by atoms with van der Waals surface area (Å²) in [6, 6.07) is 4.77. The van der Waals surface area contributed by atoms with E-state index in [9.17, 15) is 13.2 Å². The predicted octanol–water partition coefficient (Wildman–Crippen LogP) is 3.05. The summed E-state index contributed by atoms with van der Waals surface area (Å²) < 4.78 is 23.3. The van der Waals surface area contributed by atoms with E-state index < -0.39 is 9.05 Å². The Hall–Kier alpha value is -1.07. The molecule has 1 fully saturated rings. The van der Waals surface area contributed by atoms with Crippen molar-refractivity contribution in [3.8, 4) is 0 Å². The smallest absolute Gasteiger partial charge is 0.261 e. The molecule has 2 rings (SSSR count). The molecule has 1 aromatic carbocycles. The lowest BCUT2D eigenvalue weighted by Gasteiger charge is -2.31. The van der Waals surface area contributed by atoms with Crippen molar-refractivity contribution in [3.63, 3.8) is 0 Å². The Morgan fingerprint density at radius 2 is 2.14 bits per heavy atom. The van der Waals surface area contributed by atoms with Crippen molar-refractivity contribution < 1.29 is 13.2 Å². The van der Waals surface area contributed by atoms with Gasteiger partial charge in [0.05, 0.1) is 4.90 Å². The van der Waals surface area contributed by atoms with Gasteiger partial charge < -0.3 is 4.90 Å². The van der Waals surface area contributed by atoms with E-state index in [2.05, 4.69) is 6.92 Å². The zero-order valence-electron chi connectivity index (χ0n) is 12.3. The van der Waals surface area contributed by atoms with Crippen molar-refractivity contribution in [2.24, 2.45) is 5.92 Å². The molecule has 1 aliphatic rings. The van der Waals surface area contributed by atoms with Gasteiger partial charge in [0.15, 0.2) is 0 Å². The summed E-state index contributed by atoms with van der Waals surface area (Å²) in [5.41, 5.74) is 1.02. The second-order valence-electron chi connectivity index (χ2n) is 5.61. The van der Waals surface area contributed by atoms with Crippen LogP contribution in [0.1, 0.15) is 42.6 Å². The molecule has 1 heterocycles. The van der Waals surface area contributed by atoms with Gasteiger partial charge in [-0.25, -0.2) is 8.42 Å². The van der Waals surface area contributed by atoms with Gasteiger partial charge in [-0.05, 0) is 42.9 Å². The van der Waals surface area contributed by atoms with Gasteiger partial charge in [-0.15, -0.1) is 0 Å². The minimum Gasteiger partial charge on any atom is -0.338 e. The number of hydrogen-bond acceptors (Lipinski definition) is 3. The SMILES string of the molecule is CCc1ccc(C(=O)N2CCCC(C)C2)cc1S(=O)(=O)Cl. The highest BCUT2D eigenvalue weighted by atomic mass is 35.7. The van der Waals surface area contributed by atoms with Crippen LogP contribution in [0.25, 0.3) is 0 Å². The van der Waals surface area contributed by atoms with Crippen LogP contribution in [-0.2, 0) is 15.5 Å². The van der Waals surface area contributed by atoms with E-state index >= 15 is 0 Å². The van der Waals surface area contributed by atoms with Crippen LogP contribution in [0.15, 0.2) is 23.1 Å². The van der Waals surface area contributed by atoms with E-state index in [4.69, 9.17) is 10.7 Å². The number of likely N-dealkylation sites (tertiary alicyclic amines) is 1. The highest BCUT2D eigenvalue weighted by Gasteiger charge is 2.24.